The molecule has 88 valence electrons. The number of hydrogen-bond acceptors (Lipinski definition) is 4. The van der Waals surface area contributed by atoms with E-state index in [0.717, 1.165) is 0 Å². The molecule has 1 aromatic carbocycles. The van der Waals surface area contributed by atoms with Gasteiger partial charge in [0.15, 0.2) is 0 Å². The molecule has 0 fully saturated rings. The molecular formula is C13H14N2O2. The summed E-state index contributed by atoms with van der Waals surface area (Å²) in [5.41, 5.74) is 0.589. The highest BCUT2D eigenvalue weighted by Crippen LogP contribution is 2.11. The Morgan fingerprint density at radius 1 is 1.29 bits per heavy atom. The van der Waals surface area contributed by atoms with Crippen LogP contribution < -0.4 is 0 Å². The third kappa shape index (κ3) is 2.79. The number of oxazole rings is 1. The van der Waals surface area contributed by atoms with E-state index >= 15 is 0 Å². The molecular weight excluding hydrogens is 216 g/mol. The molecule has 2 rings (SSSR count). The summed E-state index contributed by atoms with van der Waals surface area (Å²) in [5, 5.41) is 0. The molecule has 0 spiro atoms. The fourth-order valence-electron chi connectivity index (χ4n) is 1.51. The number of carbonyl (C=O) groups is 1. The highest BCUT2D eigenvalue weighted by Gasteiger charge is 2.15. The number of hydrogen-bond donors (Lipinski definition) is 0. The first-order valence-corrected chi connectivity index (χ1v) is 5.36. The second-order valence-electron chi connectivity index (χ2n) is 4.06. The Morgan fingerprint density at radius 2 is 2.00 bits per heavy atom. The van der Waals surface area contributed by atoms with Crippen LogP contribution in [-0.2, 0) is 6.54 Å². The van der Waals surface area contributed by atoms with E-state index in [0.29, 0.717) is 17.9 Å². The van der Waals surface area contributed by atoms with Crippen LogP contribution in [0, 0.1) is 0 Å². The van der Waals surface area contributed by atoms with Crippen molar-refractivity contribution in [1.82, 2.24) is 9.88 Å². The van der Waals surface area contributed by atoms with Gasteiger partial charge >= 0.3 is 0 Å². The van der Waals surface area contributed by atoms with Gasteiger partial charge in [-0.1, -0.05) is 30.3 Å². The lowest BCUT2D eigenvalue weighted by Gasteiger charge is -2.04. The van der Waals surface area contributed by atoms with E-state index in [-0.39, 0.29) is 11.7 Å². The summed E-state index contributed by atoms with van der Waals surface area (Å²) in [6, 6.07) is 8.99. The average Bonchev–Trinajstić information content (AvgIpc) is 2.77. The zero-order valence-corrected chi connectivity index (χ0v) is 9.88. The second-order valence-corrected chi connectivity index (χ2v) is 4.06. The van der Waals surface area contributed by atoms with Crippen LogP contribution in [0.2, 0.25) is 0 Å². The van der Waals surface area contributed by atoms with E-state index < -0.39 is 0 Å². The van der Waals surface area contributed by atoms with Crippen LogP contribution in [0.1, 0.15) is 22.0 Å². The molecule has 1 aromatic heterocycles. The normalized spacial score (nSPS) is 10.8. The quantitative estimate of drug-likeness (QED) is 0.753. The Bertz CT molecular complexity index is 503. The zero-order valence-electron chi connectivity index (χ0n) is 9.88. The smallest absolute Gasteiger partial charge is 0.268 e. The van der Waals surface area contributed by atoms with Crippen LogP contribution in [-0.4, -0.2) is 29.8 Å². The Labute approximate surface area is 99.9 Å². The van der Waals surface area contributed by atoms with Crippen LogP contribution in [0.5, 0.6) is 0 Å². The van der Waals surface area contributed by atoms with Gasteiger partial charge in [-0.15, -0.1) is 0 Å². The van der Waals surface area contributed by atoms with Gasteiger partial charge in [0.25, 0.3) is 5.89 Å². The number of aromatic nitrogens is 1. The largest absolute Gasteiger partial charge is 0.437 e. The molecule has 0 aliphatic rings. The van der Waals surface area contributed by atoms with E-state index in [1.54, 1.807) is 18.3 Å². The van der Waals surface area contributed by atoms with Gasteiger partial charge in [0, 0.05) is 5.56 Å². The van der Waals surface area contributed by atoms with Crippen LogP contribution >= 0.6 is 0 Å². The molecule has 0 radical (unpaired) electrons. The minimum absolute atomic E-state index is 0.146. The van der Waals surface area contributed by atoms with Crippen molar-refractivity contribution in [2.75, 3.05) is 14.1 Å². The van der Waals surface area contributed by atoms with Crippen molar-refractivity contribution in [3.05, 3.63) is 53.7 Å². The molecule has 1 heterocycles. The molecule has 0 unspecified atom stereocenters. The third-order valence-electron chi connectivity index (χ3n) is 2.26. The Balaban J connectivity index is 2.18. The average molecular weight is 230 g/mol. The first-order chi connectivity index (χ1) is 8.16. The van der Waals surface area contributed by atoms with Crippen LogP contribution in [0.4, 0.5) is 0 Å². The minimum Gasteiger partial charge on any atom is -0.437 e. The van der Waals surface area contributed by atoms with Gasteiger partial charge in [-0.3, -0.25) is 4.79 Å². The summed E-state index contributed by atoms with van der Waals surface area (Å²) in [4.78, 5) is 17.9. The zero-order chi connectivity index (χ0) is 12.3. The molecule has 4 heteroatoms. The fourth-order valence-corrected chi connectivity index (χ4v) is 1.51. The van der Waals surface area contributed by atoms with Crippen molar-refractivity contribution in [2.45, 2.75) is 6.54 Å². The highest BCUT2D eigenvalue weighted by atomic mass is 16.4. The Hall–Kier alpha value is -1.94. The first kappa shape index (κ1) is 11.5. The summed E-state index contributed by atoms with van der Waals surface area (Å²) in [5.74, 6) is 0.651. The van der Waals surface area contributed by atoms with Crippen molar-refractivity contribution in [3.8, 4) is 0 Å². The molecule has 0 N–H and O–H groups in total. The fraction of sp³-hybridized carbons (Fsp3) is 0.231. The molecule has 4 nitrogen and oxygen atoms in total. The maximum Gasteiger partial charge on any atom is 0.268 e. The van der Waals surface area contributed by atoms with Crippen molar-refractivity contribution < 1.29 is 9.21 Å². The van der Waals surface area contributed by atoms with Crippen molar-refractivity contribution in [2.24, 2.45) is 0 Å². The molecule has 17 heavy (non-hydrogen) atoms. The van der Waals surface area contributed by atoms with Crippen LogP contribution in [0.3, 0.4) is 0 Å². The molecule has 0 aliphatic carbocycles. The monoisotopic (exact) mass is 230 g/mol. The summed E-state index contributed by atoms with van der Waals surface area (Å²) in [6.45, 7) is 0.634. The van der Waals surface area contributed by atoms with Crippen LogP contribution in [0.25, 0.3) is 0 Å². The lowest BCUT2D eigenvalue weighted by atomic mass is 10.1. The number of ketones is 1. The predicted molar refractivity (Wildman–Crippen MR) is 63.8 cm³/mol. The number of nitrogens with zero attached hydrogens (tertiary/aromatic N) is 2. The second kappa shape index (κ2) is 4.93. The Morgan fingerprint density at radius 3 is 2.65 bits per heavy atom. The summed E-state index contributed by atoms with van der Waals surface area (Å²) in [7, 11) is 3.86. The van der Waals surface area contributed by atoms with Gasteiger partial charge in [-0.2, -0.15) is 0 Å². The van der Waals surface area contributed by atoms with Crippen molar-refractivity contribution in [1.29, 1.82) is 0 Å². The van der Waals surface area contributed by atoms with Gasteiger partial charge < -0.3 is 9.32 Å². The topological polar surface area (TPSA) is 46.3 Å². The van der Waals surface area contributed by atoms with E-state index in [1.165, 1.54) is 0 Å². The van der Waals surface area contributed by atoms with E-state index in [4.69, 9.17) is 4.42 Å². The minimum atomic E-state index is -0.185. The molecule has 2 aromatic rings. The summed E-state index contributed by atoms with van der Waals surface area (Å²) >= 11 is 0. The number of benzene rings is 1. The van der Waals surface area contributed by atoms with E-state index in [1.807, 2.05) is 37.2 Å². The standard InChI is InChI=1S/C13H14N2O2/c1-15(2)9-11-8-14-13(17-11)12(16)10-6-4-3-5-7-10/h3-8H,9H2,1-2H3. The number of rotatable bonds is 4. The molecule has 0 amide bonds. The Kier molecular flexibility index (Phi) is 3.35. The first-order valence-electron chi connectivity index (χ1n) is 5.36. The number of carbonyl (C=O) groups excluding carboxylic acids is 1. The van der Waals surface area contributed by atoms with E-state index in [2.05, 4.69) is 4.98 Å². The lowest BCUT2D eigenvalue weighted by molar-refractivity contribution is 0.0999. The maximum absolute atomic E-state index is 12.0. The SMILES string of the molecule is CN(C)Cc1cnc(C(=O)c2ccccc2)o1. The van der Waals surface area contributed by atoms with Gasteiger partial charge in [0.2, 0.25) is 5.78 Å². The highest BCUT2D eigenvalue weighted by molar-refractivity contribution is 6.05. The molecule has 0 atom stereocenters. The molecule has 0 saturated heterocycles. The van der Waals surface area contributed by atoms with Gasteiger partial charge in [0.1, 0.15) is 5.76 Å². The van der Waals surface area contributed by atoms with Crippen molar-refractivity contribution in [3.63, 3.8) is 0 Å². The molecule has 0 saturated carbocycles. The van der Waals surface area contributed by atoms with Gasteiger partial charge in [-0.25, -0.2) is 4.98 Å². The van der Waals surface area contributed by atoms with Gasteiger partial charge in [-0.05, 0) is 14.1 Å². The molecule has 0 bridgehead atoms. The summed E-state index contributed by atoms with van der Waals surface area (Å²) < 4.78 is 5.41. The van der Waals surface area contributed by atoms with Crippen molar-refractivity contribution >= 4 is 5.78 Å². The van der Waals surface area contributed by atoms with E-state index in [9.17, 15) is 4.79 Å². The van der Waals surface area contributed by atoms with Gasteiger partial charge in [0.05, 0.1) is 12.7 Å². The summed E-state index contributed by atoms with van der Waals surface area (Å²) in [6.07, 6.45) is 1.59. The lowest BCUT2D eigenvalue weighted by Crippen LogP contribution is -2.09. The van der Waals surface area contributed by atoms with Crippen LogP contribution in [0.15, 0.2) is 40.9 Å². The maximum atomic E-state index is 12.0. The third-order valence-corrected chi connectivity index (χ3v) is 2.26. The molecule has 0 aliphatic heterocycles. The predicted octanol–water partition coefficient (Wildman–Crippen LogP) is 1.97.